The second-order valence-electron chi connectivity index (χ2n) is 7.74. The van der Waals surface area contributed by atoms with Crippen molar-refractivity contribution in [3.63, 3.8) is 0 Å². The van der Waals surface area contributed by atoms with Gasteiger partial charge in [0.1, 0.15) is 11.3 Å². The summed E-state index contributed by atoms with van der Waals surface area (Å²) in [5.74, 6) is -2.25. The number of imide groups is 2. The number of nitro benzene ring substituents is 1. The Morgan fingerprint density at radius 1 is 1.05 bits per heavy atom. The average Bonchev–Trinajstić information content (AvgIpc) is 2.86. The summed E-state index contributed by atoms with van der Waals surface area (Å²) >= 11 is 6.70. The van der Waals surface area contributed by atoms with Gasteiger partial charge in [0, 0.05) is 27.9 Å². The van der Waals surface area contributed by atoms with Crippen LogP contribution in [0.3, 0.4) is 0 Å². The van der Waals surface area contributed by atoms with E-state index in [0.29, 0.717) is 19.5 Å². The van der Waals surface area contributed by atoms with Gasteiger partial charge in [0.15, 0.2) is 6.61 Å². The number of nitrogens with one attached hydrogen (secondary N) is 2. The third-order valence-corrected chi connectivity index (χ3v) is 6.19. The molecule has 2 N–H and O–H groups in total. The fourth-order valence-corrected chi connectivity index (χ4v) is 4.86. The molecule has 38 heavy (non-hydrogen) atoms. The molecule has 3 aromatic rings. The van der Waals surface area contributed by atoms with E-state index in [-0.39, 0.29) is 29.3 Å². The summed E-state index contributed by atoms with van der Waals surface area (Å²) in [5, 5.41) is 15.9. The minimum absolute atomic E-state index is 0.0930. The van der Waals surface area contributed by atoms with Crippen LogP contribution in [0.5, 0.6) is 5.75 Å². The molecule has 1 saturated heterocycles. The third kappa shape index (κ3) is 5.95. The smallest absolute Gasteiger partial charge is 0.335 e. The summed E-state index contributed by atoms with van der Waals surface area (Å²) in [6, 6.07) is 15.8. The summed E-state index contributed by atoms with van der Waals surface area (Å²) in [6.45, 7) is -0.385. The van der Waals surface area contributed by atoms with Crippen LogP contribution in [-0.2, 0) is 14.4 Å². The van der Waals surface area contributed by atoms with E-state index in [1.165, 1.54) is 24.3 Å². The van der Waals surface area contributed by atoms with E-state index >= 15 is 0 Å². The van der Waals surface area contributed by atoms with E-state index in [0.717, 1.165) is 6.07 Å². The number of hydrogen-bond donors (Lipinski definition) is 2. The molecule has 1 aliphatic heterocycles. The number of urea groups is 1. The van der Waals surface area contributed by atoms with Crippen LogP contribution < -0.4 is 20.3 Å². The minimum Gasteiger partial charge on any atom is -0.482 e. The highest BCUT2D eigenvalue weighted by Gasteiger charge is 2.37. The first-order chi connectivity index (χ1) is 18.1. The lowest BCUT2D eigenvalue weighted by Crippen LogP contribution is -2.54. The van der Waals surface area contributed by atoms with Gasteiger partial charge in [0.05, 0.1) is 15.1 Å². The van der Waals surface area contributed by atoms with Crippen molar-refractivity contribution >= 4 is 78.8 Å². The number of ether oxygens (including phenoxy) is 1. The number of amides is 5. The van der Waals surface area contributed by atoms with E-state index in [4.69, 9.17) is 4.74 Å². The number of barbiturate groups is 1. The Balaban J connectivity index is 1.65. The van der Waals surface area contributed by atoms with E-state index in [1.807, 2.05) is 0 Å². The lowest BCUT2D eigenvalue weighted by Gasteiger charge is -2.26. The number of nitrogens with zero attached hydrogens (tertiary/aromatic N) is 2. The number of para-hydroxylation sites is 1. The Morgan fingerprint density at radius 3 is 2.50 bits per heavy atom. The van der Waals surface area contributed by atoms with Crippen LogP contribution in [0.4, 0.5) is 21.9 Å². The number of rotatable bonds is 7. The molecule has 1 aliphatic rings. The van der Waals surface area contributed by atoms with Crippen LogP contribution in [0.15, 0.2) is 81.2 Å². The zero-order valence-electron chi connectivity index (χ0n) is 19.1. The van der Waals surface area contributed by atoms with E-state index in [2.05, 4.69) is 42.5 Å². The van der Waals surface area contributed by atoms with Gasteiger partial charge < -0.3 is 10.1 Å². The number of halogens is 2. The largest absolute Gasteiger partial charge is 0.482 e. The van der Waals surface area contributed by atoms with Crippen molar-refractivity contribution in [3.05, 3.63) is 96.9 Å². The minimum atomic E-state index is -1.05. The maximum Gasteiger partial charge on any atom is 0.335 e. The van der Waals surface area contributed by atoms with Crippen LogP contribution in [0.2, 0.25) is 0 Å². The normalized spacial score (nSPS) is 14.3. The topological polar surface area (TPSA) is 148 Å². The first kappa shape index (κ1) is 26.7. The molecule has 0 aromatic heterocycles. The summed E-state index contributed by atoms with van der Waals surface area (Å²) in [6.07, 6.45) is 1.20. The van der Waals surface area contributed by atoms with Crippen LogP contribution in [0, 0.1) is 10.1 Å². The Morgan fingerprint density at radius 2 is 1.79 bits per heavy atom. The Bertz CT molecular complexity index is 1510. The zero-order valence-corrected chi connectivity index (χ0v) is 22.3. The molecular formula is C25H16Br2N4O7. The summed E-state index contributed by atoms with van der Waals surface area (Å²) < 4.78 is 6.70. The predicted octanol–water partition coefficient (Wildman–Crippen LogP) is 4.80. The van der Waals surface area contributed by atoms with Crippen molar-refractivity contribution < 1.29 is 28.8 Å². The van der Waals surface area contributed by atoms with Crippen molar-refractivity contribution in [1.29, 1.82) is 0 Å². The van der Waals surface area contributed by atoms with Gasteiger partial charge in [0.2, 0.25) is 0 Å². The SMILES string of the molecule is O=C(COc1c(Br)cc(Br)cc1/C=C1/C(=O)NC(=O)N(c2cccc([N+](=O)[O-])c2)C1=O)Nc1ccccc1. The van der Waals surface area contributed by atoms with E-state index in [1.54, 1.807) is 42.5 Å². The highest BCUT2D eigenvalue weighted by atomic mass is 79.9. The molecule has 0 radical (unpaired) electrons. The number of benzene rings is 3. The molecule has 1 heterocycles. The van der Waals surface area contributed by atoms with Gasteiger partial charge in [-0.25, -0.2) is 9.69 Å². The Labute approximate surface area is 231 Å². The van der Waals surface area contributed by atoms with Crippen molar-refractivity contribution in [3.8, 4) is 5.75 Å². The van der Waals surface area contributed by atoms with Crippen molar-refractivity contribution in [1.82, 2.24) is 5.32 Å². The van der Waals surface area contributed by atoms with Crippen molar-refractivity contribution in [2.24, 2.45) is 0 Å². The molecule has 3 aromatic carbocycles. The van der Waals surface area contributed by atoms with Crippen molar-refractivity contribution in [2.75, 3.05) is 16.8 Å². The number of non-ortho nitro benzene ring substituents is 1. The molecule has 0 bridgehead atoms. The van der Waals surface area contributed by atoms with Gasteiger partial charge in [0.25, 0.3) is 23.4 Å². The second kappa shape index (κ2) is 11.4. The van der Waals surface area contributed by atoms with Crippen LogP contribution >= 0.6 is 31.9 Å². The highest BCUT2D eigenvalue weighted by molar-refractivity contribution is 9.11. The Hall–Kier alpha value is -4.36. The van der Waals surface area contributed by atoms with Gasteiger partial charge in [-0.1, -0.05) is 40.2 Å². The fraction of sp³-hybridized carbons (Fsp3) is 0.0400. The maximum absolute atomic E-state index is 13.3. The number of carbonyl (C=O) groups is 4. The average molecular weight is 644 g/mol. The highest BCUT2D eigenvalue weighted by Crippen LogP contribution is 2.35. The maximum atomic E-state index is 13.3. The molecular weight excluding hydrogens is 628 g/mol. The standard InChI is InChI=1S/C25H16Br2N4O7/c26-15-9-14(22(20(27)11-15)38-13-21(32)28-16-5-2-1-3-6-16)10-19-23(33)29-25(35)30(24(19)34)17-7-4-8-18(12-17)31(36)37/h1-12H,13H2,(H,28,32)(H,29,33,35)/b19-10-. The van der Waals surface area contributed by atoms with Gasteiger partial charge in [-0.05, 0) is 52.3 Å². The van der Waals surface area contributed by atoms with Crippen LogP contribution in [0.1, 0.15) is 5.56 Å². The number of nitro groups is 1. The number of hydrogen-bond acceptors (Lipinski definition) is 7. The van der Waals surface area contributed by atoms with Crippen LogP contribution in [0.25, 0.3) is 6.08 Å². The van der Waals surface area contributed by atoms with Crippen molar-refractivity contribution in [2.45, 2.75) is 0 Å². The van der Waals surface area contributed by atoms with Gasteiger partial charge in [-0.2, -0.15) is 0 Å². The fourth-order valence-electron chi connectivity index (χ4n) is 3.49. The molecule has 0 saturated carbocycles. The van der Waals surface area contributed by atoms with E-state index < -0.39 is 34.2 Å². The molecule has 0 atom stereocenters. The quantitative estimate of drug-likeness (QED) is 0.163. The molecule has 0 unspecified atom stereocenters. The molecule has 4 rings (SSSR count). The Kier molecular flexibility index (Phi) is 7.98. The monoisotopic (exact) mass is 642 g/mol. The second-order valence-corrected chi connectivity index (χ2v) is 9.51. The summed E-state index contributed by atoms with van der Waals surface area (Å²) in [4.78, 5) is 61.9. The molecule has 0 spiro atoms. The summed E-state index contributed by atoms with van der Waals surface area (Å²) in [7, 11) is 0. The molecule has 1 fully saturated rings. The number of carbonyl (C=O) groups excluding carboxylic acids is 4. The first-order valence-corrected chi connectivity index (χ1v) is 12.4. The molecule has 192 valence electrons. The van der Waals surface area contributed by atoms with Gasteiger partial charge >= 0.3 is 6.03 Å². The number of anilines is 2. The predicted molar refractivity (Wildman–Crippen MR) is 145 cm³/mol. The third-order valence-electron chi connectivity index (χ3n) is 5.14. The van der Waals surface area contributed by atoms with Gasteiger partial charge in [-0.15, -0.1) is 0 Å². The van der Waals surface area contributed by atoms with Gasteiger partial charge in [-0.3, -0.25) is 29.8 Å². The molecule has 11 nitrogen and oxygen atoms in total. The molecule has 13 heteroatoms. The lowest BCUT2D eigenvalue weighted by atomic mass is 10.1. The zero-order chi connectivity index (χ0) is 27.4. The van der Waals surface area contributed by atoms with Crippen LogP contribution in [-0.4, -0.2) is 35.3 Å². The first-order valence-electron chi connectivity index (χ1n) is 10.8. The summed E-state index contributed by atoms with van der Waals surface area (Å²) in [5.41, 5.74) is -0.0468. The molecule has 5 amide bonds. The molecule has 0 aliphatic carbocycles. The van der Waals surface area contributed by atoms with E-state index in [9.17, 15) is 29.3 Å². The lowest BCUT2D eigenvalue weighted by molar-refractivity contribution is -0.384.